The third-order valence-electron chi connectivity index (χ3n) is 5.39. The first-order valence-electron chi connectivity index (χ1n) is 9.80. The maximum atomic E-state index is 13.1. The molecule has 0 N–H and O–H groups in total. The average molecular weight is 419 g/mol. The highest BCUT2D eigenvalue weighted by molar-refractivity contribution is 8.02. The lowest BCUT2D eigenvalue weighted by Crippen LogP contribution is -2.57. The second-order valence-electron chi connectivity index (χ2n) is 9.14. The molecule has 0 bridgehead atoms. The minimum atomic E-state index is -0.918. The lowest BCUT2D eigenvalue weighted by Gasteiger charge is -2.45. The van der Waals surface area contributed by atoms with Gasteiger partial charge in [-0.25, -0.2) is 5.01 Å². The summed E-state index contributed by atoms with van der Waals surface area (Å²) in [6.07, 6.45) is 8.72. The van der Waals surface area contributed by atoms with Crippen molar-refractivity contribution < 1.29 is 4.79 Å². The summed E-state index contributed by atoms with van der Waals surface area (Å²) in [5.41, 5.74) is -0.347. The molecule has 2 unspecified atom stereocenters. The van der Waals surface area contributed by atoms with Gasteiger partial charge in [0.2, 0.25) is 0 Å². The van der Waals surface area contributed by atoms with Crippen LogP contribution in [0, 0.1) is 23.7 Å². The van der Waals surface area contributed by atoms with E-state index < -0.39 is 4.21 Å². The van der Waals surface area contributed by atoms with E-state index in [0.717, 1.165) is 24.7 Å². The minimum absolute atomic E-state index is 0.0227. The Morgan fingerprint density at radius 3 is 2.42 bits per heavy atom. The smallest absolute Gasteiger partial charge is 0.270 e. The summed E-state index contributed by atoms with van der Waals surface area (Å²) < 4.78 is -0.918. The molecule has 0 spiro atoms. The molecule has 1 aliphatic carbocycles. The van der Waals surface area contributed by atoms with Gasteiger partial charge >= 0.3 is 0 Å². The zero-order valence-corrected chi connectivity index (χ0v) is 19.5. The van der Waals surface area contributed by atoms with E-state index in [9.17, 15) is 4.79 Å². The SMILES string of the molecule is CSC1(Cl)C(=O)N(C(C)(C)C)N=CC1C1CCC(CSCC(C)C)CC1. The Labute approximate surface area is 173 Å². The third kappa shape index (κ3) is 5.14. The van der Waals surface area contributed by atoms with Crippen molar-refractivity contribution in [2.75, 3.05) is 17.8 Å². The molecule has 150 valence electrons. The van der Waals surface area contributed by atoms with E-state index in [1.807, 2.05) is 33.2 Å². The number of nitrogens with zero attached hydrogens (tertiary/aromatic N) is 2. The number of hydrogen-bond donors (Lipinski definition) is 0. The van der Waals surface area contributed by atoms with E-state index in [1.54, 1.807) is 5.01 Å². The molecular formula is C20H35ClN2OS2. The van der Waals surface area contributed by atoms with Crippen LogP contribution >= 0.6 is 35.1 Å². The molecule has 0 aromatic carbocycles. The highest BCUT2D eigenvalue weighted by Gasteiger charge is 2.53. The highest BCUT2D eigenvalue weighted by atomic mass is 35.5. The number of thioether (sulfide) groups is 2. The highest BCUT2D eigenvalue weighted by Crippen LogP contribution is 2.48. The predicted octanol–water partition coefficient (Wildman–Crippen LogP) is 5.72. The van der Waals surface area contributed by atoms with Crippen LogP contribution < -0.4 is 0 Å². The molecule has 0 radical (unpaired) electrons. The van der Waals surface area contributed by atoms with Gasteiger partial charge in [-0.3, -0.25) is 4.79 Å². The Bertz CT molecular complexity index is 512. The third-order valence-corrected chi connectivity index (χ3v) is 8.92. The van der Waals surface area contributed by atoms with Crippen LogP contribution in [0.4, 0.5) is 0 Å². The van der Waals surface area contributed by atoms with Crippen molar-refractivity contribution in [1.82, 2.24) is 5.01 Å². The van der Waals surface area contributed by atoms with Gasteiger partial charge in [0.1, 0.15) is 0 Å². The van der Waals surface area contributed by atoms with Gasteiger partial charge in [-0.05, 0) is 82.0 Å². The van der Waals surface area contributed by atoms with Crippen LogP contribution in [0.5, 0.6) is 0 Å². The first kappa shape index (κ1) is 22.4. The summed E-state index contributed by atoms with van der Waals surface area (Å²) in [7, 11) is 0. The van der Waals surface area contributed by atoms with E-state index >= 15 is 0 Å². The molecule has 1 aliphatic heterocycles. The van der Waals surface area contributed by atoms with Gasteiger partial charge < -0.3 is 0 Å². The van der Waals surface area contributed by atoms with Crippen molar-refractivity contribution in [3.63, 3.8) is 0 Å². The Kier molecular flexibility index (Phi) is 7.83. The van der Waals surface area contributed by atoms with Gasteiger partial charge in [-0.2, -0.15) is 16.9 Å². The minimum Gasteiger partial charge on any atom is -0.270 e. The average Bonchev–Trinajstić information content (AvgIpc) is 2.56. The number of hydrazone groups is 1. The Hall–Kier alpha value is 0.130. The first-order valence-corrected chi connectivity index (χ1v) is 12.6. The van der Waals surface area contributed by atoms with Gasteiger partial charge in [-0.1, -0.05) is 25.4 Å². The van der Waals surface area contributed by atoms with E-state index in [2.05, 4.69) is 30.7 Å². The summed E-state index contributed by atoms with van der Waals surface area (Å²) in [5, 5.41) is 6.10. The summed E-state index contributed by atoms with van der Waals surface area (Å²) in [6, 6.07) is 0. The number of hydrogen-bond acceptors (Lipinski definition) is 4. The molecule has 1 saturated carbocycles. The number of carbonyl (C=O) groups is 1. The second-order valence-corrected chi connectivity index (χ2v) is 12.1. The van der Waals surface area contributed by atoms with Gasteiger partial charge in [0.05, 0.1) is 5.54 Å². The Morgan fingerprint density at radius 1 is 1.31 bits per heavy atom. The zero-order chi connectivity index (χ0) is 19.5. The molecule has 0 aromatic heterocycles. The molecule has 0 saturated heterocycles. The number of alkyl halides is 1. The summed E-state index contributed by atoms with van der Waals surface area (Å²) in [5.74, 6) is 4.54. The molecule has 0 aromatic rings. The van der Waals surface area contributed by atoms with E-state index in [0.29, 0.717) is 5.92 Å². The molecule has 3 nitrogen and oxygen atoms in total. The monoisotopic (exact) mass is 418 g/mol. The molecule has 1 fully saturated rings. The van der Waals surface area contributed by atoms with Crippen LogP contribution in [-0.2, 0) is 4.79 Å². The van der Waals surface area contributed by atoms with Gasteiger partial charge in [0.15, 0.2) is 4.21 Å². The van der Waals surface area contributed by atoms with Crippen LogP contribution in [0.1, 0.15) is 60.3 Å². The van der Waals surface area contributed by atoms with E-state index in [4.69, 9.17) is 11.6 Å². The fourth-order valence-electron chi connectivity index (χ4n) is 3.88. The van der Waals surface area contributed by atoms with Crippen molar-refractivity contribution >= 4 is 47.2 Å². The first-order chi connectivity index (χ1) is 12.1. The number of rotatable bonds is 6. The van der Waals surface area contributed by atoms with E-state index in [1.165, 1.54) is 36.1 Å². The normalized spacial score (nSPS) is 33.2. The largest absolute Gasteiger partial charge is 0.275 e. The van der Waals surface area contributed by atoms with Gasteiger partial charge in [0.25, 0.3) is 5.91 Å². The lowest BCUT2D eigenvalue weighted by molar-refractivity contribution is -0.138. The van der Waals surface area contributed by atoms with Crippen LogP contribution in [0.2, 0.25) is 0 Å². The van der Waals surface area contributed by atoms with Crippen molar-refractivity contribution in [2.24, 2.45) is 28.8 Å². The topological polar surface area (TPSA) is 32.7 Å². The van der Waals surface area contributed by atoms with Crippen LogP contribution in [0.3, 0.4) is 0 Å². The van der Waals surface area contributed by atoms with Crippen molar-refractivity contribution in [3.05, 3.63) is 0 Å². The lowest BCUT2D eigenvalue weighted by atomic mass is 9.74. The maximum absolute atomic E-state index is 13.1. The standard InChI is InChI=1S/C20H35ClN2OS2/c1-14(2)12-26-13-15-7-9-16(10-8-15)17-11-22-23(19(3,4)5)18(24)20(17,21)25-6/h11,14-17H,7-10,12-13H2,1-6H3. The van der Waals surface area contributed by atoms with Crippen molar-refractivity contribution in [1.29, 1.82) is 0 Å². The van der Waals surface area contributed by atoms with Crippen LogP contribution in [-0.4, -0.2) is 44.6 Å². The predicted molar refractivity (Wildman–Crippen MR) is 118 cm³/mol. The molecule has 2 rings (SSSR count). The maximum Gasteiger partial charge on any atom is 0.275 e. The molecule has 6 heteroatoms. The number of amides is 1. The van der Waals surface area contributed by atoms with Crippen LogP contribution in [0.25, 0.3) is 0 Å². The number of carbonyl (C=O) groups excluding carboxylic acids is 1. The van der Waals surface area contributed by atoms with Gasteiger partial charge in [0, 0.05) is 12.1 Å². The Balaban J connectivity index is 2.01. The fraction of sp³-hybridized carbons (Fsp3) is 0.900. The fourth-order valence-corrected chi connectivity index (χ4v) is 6.26. The van der Waals surface area contributed by atoms with E-state index in [-0.39, 0.29) is 17.4 Å². The quantitative estimate of drug-likeness (QED) is 0.517. The van der Waals surface area contributed by atoms with Crippen molar-refractivity contribution in [3.8, 4) is 0 Å². The second kappa shape index (κ2) is 9.09. The molecular weight excluding hydrogens is 384 g/mol. The molecule has 26 heavy (non-hydrogen) atoms. The molecule has 2 atom stereocenters. The van der Waals surface area contributed by atoms with Crippen molar-refractivity contribution in [2.45, 2.75) is 70.0 Å². The summed E-state index contributed by atoms with van der Waals surface area (Å²) >= 11 is 10.5. The number of halogens is 1. The Morgan fingerprint density at radius 2 is 1.92 bits per heavy atom. The molecule has 1 heterocycles. The molecule has 2 aliphatic rings. The van der Waals surface area contributed by atoms with Gasteiger partial charge in [-0.15, -0.1) is 11.8 Å². The van der Waals surface area contributed by atoms with Crippen LogP contribution in [0.15, 0.2) is 5.10 Å². The molecule has 1 amide bonds. The summed E-state index contributed by atoms with van der Waals surface area (Å²) in [6.45, 7) is 10.6. The zero-order valence-electron chi connectivity index (χ0n) is 17.1. The summed E-state index contributed by atoms with van der Waals surface area (Å²) in [4.78, 5) is 13.1.